The maximum atomic E-state index is 12.2. The first-order chi connectivity index (χ1) is 9.49. The highest BCUT2D eigenvalue weighted by molar-refractivity contribution is 7.07. The molecule has 0 saturated carbocycles. The van der Waals surface area contributed by atoms with Crippen molar-refractivity contribution in [2.75, 3.05) is 13.1 Å². The maximum absolute atomic E-state index is 12.2. The van der Waals surface area contributed by atoms with Crippen molar-refractivity contribution in [2.45, 2.75) is 26.7 Å². The minimum absolute atomic E-state index is 0.0251. The fourth-order valence-electron chi connectivity index (χ4n) is 2.33. The molecule has 0 bridgehead atoms. The zero-order valence-corrected chi connectivity index (χ0v) is 13.0. The summed E-state index contributed by atoms with van der Waals surface area (Å²) in [6.45, 7) is 5.15. The molecule has 0 N–H and O–H groups in total. The molecule has 2 heterocycles. The van der Waals surface area contributed by atoms with Gasteiger partial charge in [0.2, 0.25) is 5.91 Å². The monoisotopic (exact) mass is 295 g/mol. The fourth-order valence-corrected chi connectivity index (χ4v) is 3.07. The van der Waals surface area contributed by atoms with E-state index in [1.54, 1.807) is 0 Å². The van der Waals surface area contributed by atoms with Crippen LogP contribution in [0.5, 0.6) is 0 Å². The second-order valence-corrected chi connectivity index (χ2v) is 6.37. The molecule has 1 aromatic rings. The van der Waals surface area contributed by atoms with Gasteiger partial charge in [0.15, 0.2) is 4.80 Å². The SMILES string of the molecule is CC(C)C(=O)N1CCC(C(=O)N=c2sccn2C)CC1. The zero-order valence-electron chi connectivity index (χ0n) is 12.2. The molecule has 5 nitrogen and oxygen atoms in total. The molecule has 2 rings (SSSR count). The number of rotatable bonds is 2. The number of aryl methyl sites for hydroxylation is 1. The molecule has 2 amide bonds. The normalized spacial score (nSPS) is 17.8. The molecular weight excluding hydrogens is 274 g/mol. The van der Waals surface area contributed by atoms with Crippen molar-refractivity contribution in [3.63, 3.8) is 0 Å². The average molecular weight is 295 g/mol. The first kappa shape index (κ1) is 15.0. The van der Waals surface area contributed by atoms with Crippen molar-refractivity contribution in [1.29, 1.82) is 0 Å². The van der Waals surface area contributed by atoms with Crippen LogP contribution in [-0.4, -0.2) is 34.4 Å². The van der Waals surface area contributed by atoms with Crippen molar-refractivity contribution in [1.82, 2.24) is 9.47 Å². The summed E-state index contributed by atoms with van der Waals surface area (Å²) in [5.74, 6) is 0.0996. The van der Waals surface area contributed by atoms with E-state index in [9.17, 15) is 9.59 Å². The van der Waals surface area contributed by atoms with Gasteiger partial charge in [-0.25, -0.2) is 0 Å². The highest BCUT2D eigenvalue weighted by Crippen LogP contribution is 2.19. The second kappa shape index (κ2) is 6.35. The molecule has 1 aliphatic heterocycles. The van der Waals surface area contributed by atoms with Gasteiger partial charge in [0.25, 0.3) is 5.91 Å². The van der Waals surface area contributed by atoms with Gasteiger partial charge in [0.1, 0.15) is 0 Å². The first-order valence-electron chi connectivity index (χ1n) is 6.96. The van der Waals surface area contributed by atoms with Gasteiger partial charge in [-0.15, -0.1) is 11.3 Å². The predicted octanol–water partition coefficient (Wildman–Crippen LogP) is 1.41. The highest BCUT2D eigenvalue weighted by Gasteiger charge is 2.28. The summed E-state index contributed by atoms with van der Waals surface area (Å²) in [7, 11) is 1.88. The topological polar surface area (TPSA) is 54.7 Å². The van der Waals surface area contributed by atoms with Crippen LogP contribution in [0, 0.1) is 11.8 Å². The minimum Gasteiger partial charge on any atom is -0.342 e. The molecule has 1 aromatic heterocycles. The van der Waals surface area contributed by atoms with Crippen molar-refractivity contribution in [3.8, 4) is 0 Å². The molecule has 0 aliphatic carbocycles. The number of carbonyl (C=O) groups excluding carboxylic acids is 2. The number of carbonyl (C=O) groups is 2. The van der Waals surface area contributed by atoms with E-state index in [1.807, 2.05) is 41.9 Å². The van der Waals surface area contributed by atoms with Crippen molar-refractivity contribution < 1.29 is 9.59 Å². The predicted molar refractivity (Wildman–Crippen MR) is 78.0 cm³/mol. The largest absolute Gasteiger partial charge is 0.342 e. The maximum Gasteiger partial charge on any atom is 0.251 e. The Morgan fingerprint density at radius 3 is 2.50 bits per heavy atom. The quantitative estimate of drug-likeness (QED) is 0.828. The minimum atomic E-state index is -0.0558. The lowest BCUT2D eigenvalue weighted by atomic mass is 9.95. The summed E-state index contributed by atoms with van der Waals surface area (Å²) < 4.78 is 1.85. The summed E-state index contributed by atoms with van der Waals surface area (Å²) in [6.07, 6.45) is 3.33. The third-order valence-corrected chi connectivity index (χ3v) is 4.46. The van der Waals surface area contributed by atoms with Gasteiger partial charge < -0.3 is 9.47 Å². The Kier molecular flexibility index (Phi) is 4.75. The van der Waals surface area contributed by atoms with E-state index >= 15 is 0 Å². The van der Waals surface area contributed by atoms with E-state index < -0.39 is 0 Å². The van der Waals surface area contributed by atoms with Crippen molar-refractivity contribution >= 4 is 23.2 Å². The van der Waals surface area contributed by atoms with Gasteiger partial charge >= 0.3 is 0 Å². The van der Waals surface area contributed by atoms with Gasteiger partial charge in [-0.3, -0.25) is 9.59 Å². The van der Waals surface area contributed by atoms with Gasteiger partial charge in [0, 0.05) is 43.5 Å². The molecule has 20 heavy (non-hydrogen) atoms. The molecule has 0 radical (unpaired) electrons. The van der Waals surface area contributed by atoms with E-state index in [1.165, 1.54) is 11.3 Å². The number of amides is 2. The van der Waals surface area contributed by atoms with Crippen LogP contribution in [0.15, 0.2) is 16.6 Å². The molecule has 1 aliphatic rings. The third-order valence-electron chi connectivity index (χ3n) is 3.62. The van der Waals surface area contributed by atoms with E-state index in [0.717, 1.165) is 17.6 Å². The summed E-state index contributed by atoms with van der Waals surface area (Å²) >= 11 is 1.46. The smallest absolute Gasteiger partial charge is 0.251 e. The zero-order chi connectivity index (χ0) is 14.7. The number of piperidine rings is 1. The fraction of sp³-hybridized carbons (Fsp3) is 0.643. The lowest BCUT2D eigenvalue weighted by Gasteiger charge is -2.31. The van der Waals surface area contributed by atoms with Crippen LogP contribution in [-0.2, 0) is 16.6 Å². The first-order valence-corrected chi connectivity index (χ1v) is 7.84. The van der Waals surface area contributed by atoms with Crippen LogP contribution in [0.3, 0.4) is 0 Å². The Hall–Kier alpha value is -1.43. The summed E-state index contributed by atoms with van der Waals surface area (Å²) in [5, 5.41) is 1.91. The number of likely N-dealkylation sites (tertiary alicyclic amines) is 1. The number of nitrogens with zero attached hydrogens (tertiary/aromatic N) is 3. The number of hydrogen-bond acceptors (Lipinski definition) is 3. The van der Waals surface area contributed by atoms with Crippen molar-refractivity contribution in [2.24, 2.45) is 23.9 Å². The molecule has 0 aromatic carbocycles. The molecule has 0 unspecified atom stereocenters. The Morgan fingerprint density at radius 2 is 2.00 bits per heavy atom. The molecule has 0 atom stereocenters. The van der Waals surface area contributed by atoms with Gasteiger partial charge in [-0.05, 0) is 12.8 Å². The van der Waals surface area contributed by atoms with E-state index in [4.69, 9.17) is 0 Å². The van der Waals surface area contributed by atoms with Gasteiger partial charge in [0.05, 0.1) is 0 Å². The highest BCUT2D eigenvalue weighted by atomic mass is 32.1. The van der Waals surface area contributed by atoms with Crippen molar-refractivity contribution in [3.05, 3.63) is 16.4 Å². The van der Waals surface area contributed by atoms with Crippen LogP contribution in [0.4, 0.5) is 0 Å². The number of thiazole rings is 1. The Labute approximate surface area is 122 Å². The summed E-state index contributed by atoms with van der Waals surface area (Å²) in [6, 6.07) is 0. The van der Waals surface area contributed by atoms with E-state index in [2.05, 4.69) is 4.99 Å². The van der Waals surface area contributed by atoms with Gasteiger partial charge in [-0.2, -0.15) is 4.99 Å². The summed E-state index contributed by atoms with van der Waals surface area (Å²) in [4.78, 5) is 30.8. The van der Waals surface area contributed by atoms with Crippen LogP contribution in [0.1, 0.15) is 26.7 Å². The third kappa shape index (κ3) is 3.36. The molecule has 110 valence electrons. The standard InChI is InChI=1S/C14H21N3O2S/c1-10(2)13(19)17-6-4-11(5-7-17)12(18)15-14-16(3)8-9-20-14/h8-11H,4-7H2,1-3H3. The van der Waals surface area contributed by atoms with Crippen LogP contribution < -0.4 is 4.80 Å². The Morgan fingerprint density at radius 1 is 1.35 bits per heavy atom. The Bertz CT molecular complexity index is 551. The van der Waals surface area contributed by atoms with E-state index in [0.29, 0.717) is 13.1 Å². The lowest BCUT2D eigenvalue weighted by Crippen LogP contribution is -2.42. The average Bonchev–Trinajstić information content (AvgIpc) is 2.83. The van der Waals surface area contributed by atoms with Crippen LogP contribution in [0.25, 0.3) is 0 Å². The summed E-state index contributed by atoms with van der Waals surface area (Å²) in [5.41, 5.74) is 0. The number of aromatic nitrogens is 1. The molecule has 0 spiro atoms. The number of hydrogen-bond donors (Lipinski definition) is 0. The van der Waals surface area contributed by atoms with Crippen LogP contribution >= 0.6 is 11.3 Å². The molecule has 6 heteroatoms. The Balaban J connectivity index is 1.96. The second-order valence-electron chi connectivity index (χ2n) is 5.50. The van der Waals surface area contributed by atoms with Crippen LogP contribution in [0.2, 0.25) is 0 Å². The van der Waals surface area contributed by atoms with E-state index in [-0.39, 0.29) is 23.7 Å². The lowest BCUT2D eigenvalue weighted by molar-refractivity contribution is -0.137. The molecule has 1 saturated heterocycles. The molecular formula is C14H21N3O2S. The van der Waals surface area contributed by atoms with Gasteiger partial charge in [-0.1, -0.05) is 13.8 Å². The molecule has 1 fully saturated rings.